The number of carbonyl (C=O) groups excluding carboxylic acids is 2. The average Bonchev–Trinajstić information content (AvgIpc) is 3.19. The van der Waals surface area contributed by atoms with Crippen LogP contribution in [0.25, 0.3) is 0 Å². The third-order valence-electron chi connectivity index (χ3n) is 5.34. The minimum Gasteiger partial charge on any atom is -0.348 e. The molecular formula is C21H27N5O4. The SMILES string of the molecule is CC(C)N(CC(=O)N1CCn2cccc2C1c1ccc([N+](=O)[O-])cc1)C(=O)N(C)C. The van der Waals surface area contributed by atoms with Crippen LogP contribution in [-0.4, -0.2) is 69.4 Å². The van der Waals surface area contributed by atoms with E-state index in [0.717, 1.165) is 11.3 Å². The molecule has 0 bridgehead atoms. The van der Waals surface area contributed by atoms with Crippen LogP contribution in [0.5, 0.6) is 0 Å². The van der Waals surface area contributed by atoms with Gasteiger partial charge in [0.2, 0.25) is 5.91 Å². The first-order valence-corrected chi connectivity index (χ1v) is 9.87. The number of amides is 3. The second-order valence-electron chi connectivity index (χ2n) is 7.86. The molecule has 1 atom stereocenters. The fourth-order valence-corrected chi connectivity index (χ4v) is 3.75. The molecule has 30 heavy (non-hydrogen) atoms. The highest BCUT2D eigenvalue weighted by molar-refractivity contribution is 5.85. The standard InChI is InChI=1S/C21H27N5O4/c1-15(2)25(21(28)22(3)4)14-19(27)24-13-12-23-11-5-6-18(23)20(24)16-7-9-17(10-8-16)26(29)30/h5-11,15,20H,12-14H2,1-4H3. The molecular weight excluding hydrogens is 386 g/mol. The minimum absolute atomic E-state index is 0.00498. The van der Waals surface area contributed by atoms with E-state index in [0.29, 0.717) is 13.1 Å². The van der Waals surface area contributed by atoms with Crippen molar-refractivity contribution < 1.29 is 14.5 Å². The van der Waals surface area contributed by atoms with Gasteiger partial charge in [0.1, 0.15) is 6.54 Å². The van der Waals surface area contributed by atoms with Crippen LogP contribution in [0.3, 0.4) is 0 Å². The molecule has 0 fully saturated rings. The zero-order valence-electron chi connectivity index (χ0n) is 17.7. The van der Waals surface area contributed by atoms with Crippen LogP contribution in [0.1, 0.15) is 31.1 Å². The smallest absolute Gasteiger partial charge is 0.320 e. The molecule has 0 N–H and O–H groups in total. The van der Waals surface area contributed by atoms with Crippen molar-refractivity contribution in [2.24, 2.45) is 0 Å². The Bertz CT molecular complexity index is 935. The zero-order valence-corrected chi connectivity index (χ0v) is 17.7. The van der Waals surface area contributed by atoms with E-state index >= 15 is 0 Å². The summed E-state index contributed by atoms with van der Waals surface area (Å²) in [5, 5.41) is 11.0. The molecule has 1 aromatic heterocycles. The summed E-state index contributed by atoms with van der Waals surface area (Å²) in [6.07, 6.45) is 1.96. The first-order chi connectivity index (χ1) is 14.2. The van der Waals surface area contributed by atoms with Gasteiger partial charge in [-0.2, -0.15) is 0 Å². The molecule has 160 valence electrons. The summed E-state index contributed by atoms with van der Waals surface area (Å²) in [7, 11) is 3.32. The lowest BCUT2D eigenvalue weighted by Gasteiger charge is -2.39. The monoisotopic (exact) mass is 413 g/mol. The fraction of sp³-hybridized carbons (Fsp3) is 0.429. The molecule has 0 aliphatic carbocycles. The number of fused-ring (bicyclic) bond motifs is 1. The Morgan fingerprint density at radius 2 is 1.83 bits per heavy atom. The van der Waals surface area contributed by atoms with Crippen molar-refractivity contribution in [3.05, 3.63) is 64.0 Å². The number of hydrogen-bond acceptors (Lipinski definition) is 4. The lowest BCUT2D eigenvalue weighted by atomic mass is 9.99. The van der Waals surface area contributed by atoms with Gasteiger partial charge in [-0.15, -0.1) is 0 Å². The molecule has 0 saturated carbocycles. The van der Waals surface area contributed by atoms with Gasteiger partial charge in [-0.3, -0.25) is 14.9 Å². The number of carbonyl (C=O) groups is 2. The molecule has 1 aliphatic rings. The molecule has 2 heterocycles. The first-order valence-electron chi connectivity index (χ1n) is 9.87. The van der Waals surface area contributed by atoms with E-state index in [2.05, 4.69) is 4.57 Å². The van der Waals surface area contributed by atoms with Gasteiger partial charge in [0.05, 0.1) is 11.0 Å². The van der Waals surface area contributed by atoms with E-state index in [1.165, 1.54) is 17.0 Å². The van der Waals surface area contributed by atoms with E-state index in [9.17, 15) is 19.7 Å². The lowest BCUT2D eigenvalue weighted by molar-refractivity contribution is -0.384. The van der Waals surface area contributed by atoms with Crippen LogP contribution >= 0.6 is 0 Å². The Hall–Kier alpha value is -3.36. The maximum atomic E-state index is 13.3. The van der Waals surface area contributed by atoms with Crippen molar-refractivity contribution in [1.82, 2.24) is 19.3 Å². The molecule has 0 spiro atoms. The number of aromatic nitrogens is 1. The molecule has 1 aliphatic heterocycles. The van der Waals surface area contributed by atoms with Gasteiger partial charge < -0.3 is 19.3 Å². The molecule has 2 aromatic rings. The second-order valence-corrected chi connectivity index (χ2v) is 7.86. The topological polar surface area (TPSA) is 91.9 Å². The van der Waals surface area contributed by atoms with Gasteiger partial charge in [0.15, 0.2) is 0 Å². The molecule has 9 heteroatoms. The number of nitro groups is 1. The van der Waals surface area contributed by atoms with Crippen LogP contribution in [0.4, 0.5) is 10.5 Å². The summed E-state index contributed by atoms with van der Waals surface area (Å²) in [5.74, 6) is -0.158. The second kappa shape index (κ2) is 8.56. The van der Waals surface area contributed by atoms with Crippen molar-refractivity contribution in [2.45, 2.75) is 32.5 Å². The maximum absolute atomic E-state index is 13.3. The van der Waals surface area contributed by atoms with Gasteiger partial charge >= 0.3 is 6.03 Å². The Labute approximate surface area is 175 Å². The van der Waals surface area contributed by atoms with Crippen molar-refractivity contribution in [3.63, 3.8) is 0 Å². The normalized spacial score (nSPS) is 15.6. The van der Waals surface area contributed by atoms with Crippen LogP contribution < -0.4 is 0 Å². The highest BCUT2D eigenvalue weighted by Crippen LogP contribution is 2.33. The Kier molecular flexibility index (Phi) is 6.09. The molecule has 3 rings (SSSR count). The van der Waals surface area contributed by atoms with E-state index in [-0.39, 0.29) is 36.3 Å². The summed E-state index contributed by atoms with van der Waals surface area (Å²) in [4.78, 5) is 41.2. The van der Waals surface area contributed by atoms with Gasteiger partial charge in [0.25, 0.3) is 5.69 Å². The molecule has 3 amide bonds. The van der Waals surface area contributed by atoms with Crippen molar-refractivity contribution in [2.75, 3.05) is 27.2 Å². The number of nitro benzene ring substituents is 1. The molecule has 1 unspecified atom stereocenters. The largest absolute Gasteiger partial charge is 0.348 e. The quantitative estimate of drug-likeness (QED) is 0.557. The minimum atomic E-state index is -0.441. The van der Waals surface area contributed by atoms with Crippen LogP contribution in [-0.2, 0) is 11.3 Å². The average molecular weight is 413 g/mol. The molecule has 0 saturated heterocycles. The number of urea groups is 1. The number of nitrogens with zero attached hydrogens (tertiary/aromatic N) is 5. The molecule has 1 aromatic carbocycles. The first kappa shape index (κ1) is 21.4. The lowest BCUT2D eigenvalue weighted by Crippen LogP contribution is -2.51. The van der Waals surface area contributed by atoms with E-state index in [4.69, 9.17) is 0 Å². The number of benzene rings is 1. The highest BCUT2D eigenvalue weighted by atomic mass is 16.6. The van der Waals surface area contributed by atoms with E-state index in [1.807, 2.05) is 32.2 Å². The van der Waals surface area contributed by atoms with E-state index in [1.54, 1.807) is 36.0 Å². The summed E-state index contributed by atoms with van der Waals surface area (Å²) >= 11 is 0. The number of non-ortho nitro benzene ring substituents is 1. The Morgan fingerprint density at radius 3 is 2.40 bits per heavy atom. The van der Waals surface area contributed by atoms with Gasteiger partial charge in [0, 0.05) is 57.3 Å². The van der Waals surface area contributed by atoms with Gasteiger partial charge in [-0.25, -0.2) is 4.79 Å². The van der Waals surface area contributed by atoms with Crippen molar-refractivity contribution in [3.8, 4) is 0 Å². The summed E-state index contributed by atoms with van der Waals surface area (Å²) < 4.78 is 2.08. The highest BCUT2D eigenvalue weighted by Gasteiger charge is 2.34. The third kappa shape index (κ3) is 4.14. The van der Waals surface area contributed by atoms with Crippen molar-refractivity contribution >= 4 is 17.6 Å². The van der Waals surface area contributed by atoms with Crippen LogP contribution in [0, 0.1) is 10.1 Å². The number of hydrogen-bond donors (Lipinski definition) is 0. The predicted octanol–water partition coefficient (Wildman–Crippen LogP) is 2.72. The van der Waals surface area contributed by atoms with Crippen LogP contribution in [0.2, 0.25) is 0 Å². The third-order valence-corrected chi connectivity index (χ3v) is 5.34. The predicted molar refractivity (Wildman–Crippen MR) is 112 cm³/mol. The van der Waals surface area contributed by atoms with Crippen LogP contribution in [0.15, 0.2) is 42.6 Å². The van der Waals surface area contributed by atoms with Crippen molar-refractivity contribution in [1.29, 1.82) is 0 Å². The van der Waals surface area contributed by atoms with Gasteiger partial charge in [-0.05, 0) is 43.7 Å². The summed E-state index contributed by atoms with van der Waals surface area (Å²) in [6, 6.07) is 9.46. The van der Waals surface area contributed by atoms with E-state index < -0.39 is 4.92 Å². The fourth-order valence-electron chi connectivity index (χ4n) is 3.75. The Morgan fingerprint density at radius 1 is 1.17 bits per heavy atom. The van der Waals surface area contributed by atoms with Gasteiger partial charge in [-0.1, -0.05) is 0 Å². The zero-order chi connectivity index (χ0) is 22.0. The molecule has 0 radical (unpaired) electrons. The summed E-state index contributed by atoms with van der Waals surface area (Å²) in [5.41, 5.74) is 1.74. The maximum Gasteiger partial charge on any atom is 0.320 e. The Balaban J connectivity index is 1.93. The summed E-state index contributed by atoms with van der Waals surface area (Å²) in [6.45, 7) is 4.87. The molecule has 9 nitrogen and oxygen atoms in total. The number of rotatable bonds is 5.